The van der Waals surface area contributed by atoms with E-state index in [0.29, 0.717) is 18.8 Å². The van der Waals surface area contributed by atoms with E-state index in [1.807, 2.05) is 13.0 Å². The van der Waals surface area contributed by atoms with Gasteiger partial charge in [0, 0.05) is 49.2 Å². The molecule has 0 aliphatic carbocycles. The number of likely N-dealkylation sites (tertiary alicyclic amines) is 1. The van der Waals surface area contributed by atoms with Crippen molar-refractivity contribution in [2.24, 2.45) is 13.0 Å². The van der Waals surface area contributed by atoms with Crippen LogP contribution in [0.3, 0.4) is 0 Å². The first-order chi connectivity index (χ1) is 17.0. The van der Waals surface area contributed by atoms with Gasteiger partial charge in [0.05, 0.1) is 34.8 Å². The summed E-state index contributed by atoms with van der Waals surface area (Å²) < 4.78 is 80.4. The van der Waals surface area contributed by atoms with E-state index in [9.17, 15) is 21.6 Å². The normalized spacial score (nSPS) is 23.2. The number of benzene rings is 1. The third-order valence-corrected chi connectivity index (χ3v) is 8.82. The summed E-state index contributed by atoms with van der Waals surface area (Å²) >= 11 is 0.919. The second kappa shape index (κ2) is 9.30. The smallest absolute Gasteiger partial charge is 0.391 e. The molecule has 0 spiro atoms. The number of ether oxygens (including phenoxy) is 1. The standard InChI is InChI=1S/C22H25F3N6O3S2/c1-13-9-18(30(2)28-13)19-10-14(22(23,24)25)5-7-31(19)17-6-8-34-20-11-15(3-4-16(17)20)36(32,33)29-21-26-12-27-35-21/h3-4,9,11-12,14,17,19H,5-8,10H2,1-2H3,(H,26,27,29)/t14-,17+,19+/m1/s1. The molecule has 2 aliphatic rings. The number of piperidine rings is 1. The van der Waals surface area contributed by atoms with Crippen molar-refractivity contribution in [2.45, 2.75) is 49.3 Å². The van der Waals surface area contributed by atoms with Gasteiger partial charge in [-0.1, -0.05) is 6.07 Å². The Morgan fingerprint density at radius 3 is 2.67 bits per heavy atom. The average molecular weight is 543 g/mol. The van der Waals surface area contributed by atoms with E-state index >= 15 is 0 Å². The van der Waals surface area contributed by atoms with E-state index in [-0.39, 0.29) is 35.5 Å². The molecule has 2 aliphatic heterocycles. The molecular weight excluding hydrogens is 517 g/mol. The number of nitrogens with zero attached hydrogens (tertiary/aromatic N) is 5. The van der Waals surface area contributed by atoms with Crippen LogP contribution in [0.5, 0.6) is 5.75 Å². The second-order valence-corrected chi connectivity index (χ2v) is 11.5. The van der Waals surface area contributed by atoms with Crippen LogP contribution in [0, 0.1) is 12.8 Å². The van der Waals surface area contributed by atoms with E-state index in [0.717, 1.165) is 28.5 Å². The van der Waals surface area contributed by atoms with Crippen LogP contribution in [0.4, 0.5) is 18.3 Å². The predicted octanol–water partition coefficient (Wildman–Crippen LogP) is 4.22. The van der Waals surface area contributed by atoms with Gasteiger partial charge in [0.25, 0.3) is 10.0 Å². The number of anilines is 1. The molecule has 36 heavy (non-hydrogen) atoms. The predicted molar refractivity (Wildman–Crippen MR) is 126 cm³/mol. The number of hydrogen-bond donors (Lipinski definition) is 1. The fourth-order valence-electron chi connectivity index (χ4n) is 5.14. The lowest BCUT2D eigenvalue weighted by Crippen LogP contribution is -2.44. The van der Waals surface area contributed by atoms with Gasteiger partial charge in [-0.05, 0) is 31.9 Å². The molecule has 194 valence electrons. The van der Waals surface area contributed by atoms with Crippen molar-refractivity contribution in [3.05, 3.63) is 47.5 Å². The van der Waals surface area contributed by atoms with Crippen LogP contribution in [-0.4, -0.2) is 51.8 Å². The number of sulfonamides is 1. The molecule has 4 heterocycles. The number of nitrogens with one attached hydrogen (secondary N) is 1. The molecule has 0 unspecified atom stereocenters. The molecule has 1 fully saturated rings. The van der Waals surface area contributed by atoms with Crippen molar-refractivity contribution in [3.63, 3.8) is 0 Å². The van der Waals surface area contributed by atoms with E-state index in [2.05, 4.69) is 24.1 Å². The zero-order valence-corrected chi connectivity index (χ0v) is 21.2. The summed E-state index contributed by atoms with van der Waals surface area (Å²) in [5.41, 5.74) is 2.23. The molecule has 0 saturated carbocycles. The third kappa shape index (κ3) is 4.81. The summed E-state index contributed by atoms with van der Waals surface area (Å²) in [5, 5.41) is 4.51. The fraction of sp³-hybridized carbons (Fsp3) is 0.500. The molecule has 1 saturated heterocycles. The largest absolute Gasteiger partial charge is 0.493 e. The Morgan fingerprint density at radius 2 is 2.00 bits per heavy atom. The first kappa shape index (κ1) is 25.0. The summed E-state index contributed by atoms with van der Waals surface area (Å²) in [6, 6.07) is 5.75. The Balaban J connectivity index is 1.47. The maximum absolute atomic E-state index is 13.7. The van der Waals surface area contributed by atoms with Crippen molar-refractivity contribution < 1.29 is 26.3 Å². The maximum Gasteiger partial charge on any atom is 0.391 e. The summed E-state index contributed by atoms with van der Waals surface area (Å²) in [4.78, 5) is 5.95. The van der Waals surface area contributed by atoms with Crippen molar-refractivity contribution in [3.8, 4) is 5.75 Å². The zero-order valence-electron chi connectivity index (χ0n) is 19.6. The zero-order chi connectivity index (χ0) is 25.7. The number of hydrogen-bond acceptors (Lipinski definition) is 8. The lowest BCUT2D eigenvalue weighted by Gasteiger charge is -2.45. The van der Waals surface area contributed by atoms with Crippen LogP contribution in [0.2, 0.25) is 0 Å². The Kier molecular flexibility index (Phi) is 6.45. The molecule has 0 amide bonds. The molecule has 14 heteroatoms. The molecule has 9 nitrogen and oxygen atoms in total. The van der Waals surface area contributed by atoms with Gasteiger partial charge in [-0.25, -0.2) is 13.4 Å². The van der Waals surface area contributed by atoms with Crippen LogP contribution >= 0.6 is 11.5 Å². The number of fused-ring (bicyclic) bond motifs is 1. The van der Waals surface area contributed by atoms with Gasteiger partial charge in [-0.3, -0.25) is 14.3 Å². The Hall–Kier alpha value is -2.71. The number of aryl methyl sites for hydroxylation is 2. The second-order valence-electron chi connectivity index (χ2n) is 9.06. The monoisotopic (exact) mass is 542 g/mol. The summed E-state index contributed by atoms with van der Waals surface area (Å²) in [5.74, 6) is -0.989. The first-order valence-corrected chi connectivity index (χ1v) is 13.7. The quantitative estimate of drug-likeness (QED) is 0.515. The summed E-state index contributed by atoms with van der Waals surface area (Å²) in [6.07, 6.45) is -2.50. The lowest BCUT2D eigenvalue weighted by molar-refractivity contribution is -0.192. The number of alkyl halides is 3. The summed E-state index contributed by atoms with van der Waals surface area (Å²) in [6.45, 7) is 2.39. The van der Waals surface area contributed by atoms with Crippen LogP contribution in [-0.2, 0) is 17.1 Å². The maximum atomic E-state index is 13.7. The molecule has 0 bridgehead atoms. The van der Waals surface area contributed by atoms with E-state index in [1.54, 1.807) is 17.8 Å². The molecular formula is C22H25F3N6O3S2. The topological polar surface area (TPSA) is 102 Å². The van der Waals surface area contributed by atoms with Gasteiger partial charge in [0.2, 0.25) is 5.13 Å². The van der Waals surface area contributed by atoms with E-state index in [4.69, 9.17) is 4.74 Å². The highest BCUT2D eigenvalue weighted by atomic mass is 32.2. The third-order valence-electron chi connectivity index (χ3n) is 6.77. The van der Waals surface area contributed by atoms with E-state index < -0.39 is 28.2 Å². The molecule has 3 aromatic rings. The molecule has 1 N–H and O–H groups in total. The highest BCUT2D eigenvalue weighted by molar-refractivity contribution is 7.93. The van der Waals surface area contributed by atoms with Crippen LogP contribution in [0.25, 0.3) is 0 Å². The Labute approximate surface area is 210 Å². The molecule has 0 radical (unpaired) electrons. The van der Waals surface area contributed by atoms with Gasteiger partial charge < -0.3 is 4.74 Å². The number of aromatic nitrogens is 4. The SMILES string of the molecule is Cc1cc([C@@H]2C[C@H](C(F)(F)F)CCN2[C@H]2CCOc3cc(S(=O)(=O)Nc4ncns4)ccc32)n(C)n1. The van der Waals surface area contributed by atoms with Crippen LogP contribution < -0.4 is 9.46 Å². The van der Waals surface area contributed by atoms with Crippen molar-refractivity contribution in [2.75, 3.05) is 17.9 Å². The number of rotatable bonds is 5. The molecule has 5 rings (SSSR count). The minimum atomic E-state index is -4.27. The Bertz CT molecular complexity index is 1340. The fourth-order valence-corrected chi connectivity index (χ4v) is 6.82. The highest BCUT2D eigenvalue weighted by Crippen LogP contribution is 2.48. The molecule has 1 aromatic carbocycles. The van der Waals surface area contributed by atoms with Crippen molar-refractivity contribution >= 4 is 26.7 Å². The number of halogens is 3. The minimum Gasteiger partial charge on any atom is -0.493 e. The van der Waals surface area contributed by atoms with Gasteiger partial charge in [0.15, 0.2) is 0 Å². The van der Waals surface area contributed by atoms with Gasteiger partial charge in [-0.15, -0.1) is 0 Å². The molecule has 2 aromatic heterocycles. The van der Waals surface area contributed by atoms with E-state index in [1.165, 1.54) is 18.5 Å². The van der Waals surface area contributed by atoms with Crippen molar-refractivity contribution in [1.82, 2.24) is 24.0 Å². The van der Waals surface area contributed by atoms with Gasteiger partial charge in [0.1, 0.15) is 12.1 Å². The van der Waals surface area contributed by atoms with Crippen LogP contribution in [0.1, 0.15) is 48.3 Å². The highest BCUT2D eigenvalue weighted by Gasteiger charge is 2.47. The van der Waals surface area contributed by atoms with Crippen LogP contribution in [0.15, 0.2) is 35.5 Å². The average Bonchev–Trinajstić information content (AvgIpc) is 3.45. The molecule has 3 atom stereocenters. The van der Waals surface area contributed by atoms with Gasteiger partial charge >= 0.3 is 6.18 Å². The first-order valence-electron chi connectivity index (χ1n) is 11.4. The van der Waals surface area contributed by atoms with Crippen molar-refractivity contribution in [1.29, 1.82) is 0 Å². The Morgan fingerprint density at radius 1 is 1.19 bits per heavy atom. The summed E-state index contributed by atoms with van der Waals surface area (Å²) in [7, 11) is -2.16. The lowest BCUT2D eigenvalue weighted by atomic mass is 9.85. The minimum absolute atomic E-state index is 0.00174. The van der Waals surface area contributed by atoms with Gasteiger partial charge in [-0.2, -0.15) is 22.6 Å².